The number of carbonyl (C=O) groups is 1. The van der Waals surface area contributed by atoms with Crippen molar-refractivity contribution in [1.29, 1.82) is 0 Å². The maximum atomic E-state index is 12.4. The molecule has 134 valence electrons. The second-order valence-electron chi connectivity index (χ2n) is 6.13. The molecule has 1 aliphatic rings. The Balaban J connectivity index is 1.84. The predicted octanol–water partition coefficient (Wildman–Crippen LogP) is 0.693. The average Bonchev–Trinajstić information content (AvgIpc) is 2.57. The van der Waals surface area contributed by atoms with Gasteiger partial charge in [0, 0.05) is 38.6 Å². The van der Waals surface area contributed by atoms with Crippen molar-refractivity contribution in [2.75, 3.05) is 33.2 Å². The highest BCUT2D eigenvalue weighted by Crippen LogP contribution is 2.13. The van der Waals surface area contributed by atoms with Crippen LogP contribution in [-0.4, -0.2) is 67.8 Å². The van der Waals surface area contributed by atoms with Gasteiger partial charge in [-0.2, -0.15) is 4.31 Å². The molecule has 24 heavy (non-hydrogen) atoms. The zero-order valence-electron chi connectivity index (χ0n) is 14.3. The molecule has 0 unspecified atom stereocenters. The van der Waals surface area contributed by atoms with Crippen molar-refractivity contribution < 1.29 is 13.2 Å². The number of hydrogen-bond donors (Lipinski definition) is 1. The summed E-state index contributed by atoms with van der Waals surface area (Å²) in [6.45, 7) is 5.01. The van der Waals surface area contributed by atoms with Crippen molar-refractivity contribution in [3.8, 4) is 0 Å². The van der Waals surface area contributed by atoms with Gasteiger partial charge in [-0.15, -0.1) is 0 Å². The molecule has 0 saturated carbocycles. The van der Waals surface area contributed by atoms with Gasteiger partial charge in [0.05, 0.1) is 6.54 Å². The third-order valence-corrected chi connectivity index (χ3v) is 5.99. The van der Waals surface area contributed by atoms with Crippen LogP contribution in [0.1, 0.15) is 26.2 Å². The molecule has 0 aliphatic carbocycles. The zero-order chi connectivity index (χ0) is 17.6. The summed E-state index contributed by atoms with van der Waals surface area (Å²) in [5.74, 6) is -0.265. The Bertz CT molecular complexity index is 628. The van der Waals surface area contributed by atoms with Crippen LogP contribution in [0.2, 0.25) is 0 Å². The molecule has 1 aromatic rings. The molecule has 8 heteroatoms. The number of likely N-dealkylation sites (N-methyl/N-ethyl adjacent to an activating group) is 1. The first kappa shape index (κ1) is 18.8. The molecule has 1 saturated heterocycles. The van der Waals surface area contributed by atoms with Gasteiger partial charge in [0.25, 0.3) is 0 Å². The van der Waals surface area contributed by atoms with Crippen LogP contribution in [0.4, 0.5) is 0 Å². The fourth-order valence-corrected chi connectivity index (χ4v) is 3.95. The molecule has 1 amide bonds. The lowest BCUT2D eigenvalue weighted by molar-refractivity contribution is -0.122. The Morgan fingerprint density at radius 3 is 2.71 bits per heavy atom. The Kier molecular flexibility index (Phi) is 6.70. The van der Waals surface area contributed by atoms with Crippen molar-refractivity contribution in [2.24, 2.45) is 0 Å². The highest BCUT2D eigenvalue weighted by Gasteiger charge is 2.25. The molecule has 0 aromatic carbocycles. The number of amides is 1. The molecule has 7 nitrogen and oxygen atoms in total. The minimum atomic E-state index is -3.69. The summed E-state index contributed by atoms with van der Waals surface area (Å²) < 4.78 is 25.8. The fourth-order valence-electron chi connectivity index (χ4n) is 2.86. The van der Waals surface area contributed by atoms with Crippen LogP contribution in [0.5, 0.6) is 0 Å². The maximum Gasteiger partial charge on any atom is 0.244 e. The van der Waals surface area contributed by atoms with Gasteiger partial charge in [0.1, 0.15) is 4.90 Å². The van der Waals surface area contributed by atoms with E-state index in [-0.39, 0.29) is 23.4 Å². The van der Waals surface area contributed by atoms with E-state index in [1.54, 1.807) is 6.07 Å². The predicted molar refractivity (Wildman–Crippen MR) is 91.9 cm³/mol. The summed E-state index contributed by atoms with van der Waals surface area (Å²) in [6, 6.07) is 3.16. The molecule has 1 aromatic heterocycles. The quantitative estimate of drug-likeness (QED) is 0.779. The normalized spacial score (nSPS) is 17.1. The molecule has 0 bridgehead atoms. The van der Waals surface area contributed by atoms with E-state index in [0.717, 1.165) is 43.2 Å². The number of nitrogens with zero attached hydrogens (tertiary/aromatic N) is 3. The third-order valence-electron chi connectivity index (χ3n) is 4.20. The molecule has 2 rings (SSSR count). The van der Waals surface area contributed by atoms with Gasteiger partial charge in [0.15, 0.2) is 0 Å². The van der Waals surface area contributed by atoms with Crippen LogP contribution in [0.3, 0.4) is 0 Å². The molecule has 1 aliphatic heterocycles. The molecule has 0 atom stereocenters. The molecule has 0 spiro atoms. The van der Waals surface area contributed by atoms with Crippen LogP contribution >= 0.6 is 0 Å². The van der Waals surface area contributed by atoms with Crippen LogP contribution in [0, 0.1) is 0 Å². The second kappa shape index (κ2) is 8.55. The number of piperidine rings is 1. The Morgan fingerprint density at radius 1 is 1.42 bits per heavy atom. The number of aromatic nitrogens is 1. The van der Waals surface area contributed by atoms with Gasteiger partial charge in [-0.1, -0.05) is 6.92 Å². The van der Waals surface area contributed by atoms with E-state index >= 15 is 0 Å². The minimum absolute atomic E-state index is 0.0909. The van der Waals surface area contributed by atoms with E-state index in [9.17, 15) is 13.2 Å². The summed E-state index contributed by atoms with van der Waals surface area (Å²) >= 11 is 0. The smallest absolute Gasteiger partial charge is 0.244 e. The second-order valence-corrected chi connectivity index (χ2v) is 8.18. The first-order chi connectivity index (χ1) is 11.4. The fraction of sp³-hybridized carbons (Fsp3) is 0.625. The monoisotopic (exact) mass is 354 g/mol. The highest BCUT2D eigenvalue weighted by molar-refractivity contribution is 7.89. The summed E-state index contributed by atoms with van der Waals surface area (Å²) in [4.78, 5) is 18.5. The largest absolute Gasteiger partial charge is 0.352 e. The van der Waals surface area contributed by atoms with Gasteiger partial charge >= 0.3 is 0 Å². The minimum Gasteiger partial charge on any atom is -0.352 e. The van der Waals surface area contributed by atoms with Gasteiger partial charge in [-0.25, -0.2) is 8.42 Å². The topological polar surface area (TPSA) is 82.6 Å². The number of nitrogens with one attached hydrogen (secondary N) is 1. The van der Waals surface area contributed by atoms with Gasteiger partial charge in [-0.3, -0.25) is 9.78 Å². The summed E-state index contributed by atoms with van der Waals surface area (Å²) in [7, 11) is -2.28. The van der Waals surface area contributed by atoms with E-state index in [1.807, 2.05) is 0 Å². The first-order valence-corrected chi connectivity index (χ1v) is 9.75. The van der Waals surface area contributed by atoms with E-state index < -0.39 is 10.0 Å². The van der Waals surface area contributed by atoms with E-state index in [4.69, 9.17) is 0 Å². The van der Waals surface area contributed by atoms with Gasteiger partial charge < -0.3 is 10.2 Å². The number of pyridine rings is 1. The van der Waals surface area contributed by atoms with Crippen LogP contribution in [-0.2, 0) is 14.8 Å². The number of likely N-dealkylation sites (tertiary alicyclic amines) is 1. The van der Waals surface area contributed by atoms with Crippen molar-refractivity contribution in [2.45, 2.75) is 37.1 Å². The average molecular weight is 354 g/mol. The molecule has 1 fully saturated rings. The van der Waals surface area contributed by atoms with Crippen molar-refractivity contribution in [1.82, 2.24) is 19.5 Å². The molecular weight excluding hydrogens is 328 g/mol. The van der Waals surface area contributed by atoms with E-state index in [1.165, 1.54) is 25.5 Å². The number of sulfonamides is 1. The summed E-state index contributed by atoms with van der Waals surface area (Å²) in [5, 5.41) is 2.95. The van der Waals surface area contributed by atoms with Gasteiger partial charge in [0.2, 0.25) is 15.9 Å². The molecule has 0 radical (unpaired) electrons. The number of rotatable bonds is 7. The third kappa shape index (κ3) is 4.99. The van der Waals surface area contributed by atoms with Crippen molar-refractivity contribution >= 4 is 15.9 Å². The standard InChI is InChI=1S/C16H26N4O3S/c1-3-9-20-10-6-14(7-11-20)18-16(21)13-19(2)24(22,23)15-5-4-8-17-12-15/h4-5,8,12,14H,3,6-7,9-11,13H2,1-2H3,(H,18,21). The van der Waals surface area contributed by atoms with Crippen LogP contribution in [0.25, 0.3) is 0 Å². The molecule has 1 N–H and O–H groups in total. The van der Waals surface area contributed by atoms with Crippen molar-refractivity contribution in [3.63, 3.8) is 0 Å². The molecular formula is C16H26N4O3S. The van der Waals surface area contributed by atoms with Crippen LogP contribution in [0.15, 0.2) is 29.4 Å². The maximum absolute atomic E-state index is 12.4. The Morgan fingerprint density at radius 2 is 2.12 bits per heavy atom. The van der Waals surface area contributed by atoms with Crippen LogP contribution < -0.4 is 5.32 Å². The highest BCUT2D eigenvalue weighted by atomic mass is 32.2. The SMILES string of the molecule is CCCN1CCC(NC(=O)CN(C)S(=O)(=O)c2cccnc2)CC1. The molecule has 2 heterocycles. The lowest BCUT2D eigenvalue weighted by Crippen LogP contribution is -2.47. The van der Waals surface area contributed by atoms with Gasteiger partial charge in [-0.05, 0) is 37.9 Å². The lowest BCUT2D eigenvalue weighted by Gasteiger charge is -2.32. The first-order valence-electron chi connectivity index (χ1n) is 8.31. The summed E-state index contributed by atoms with van der Waals surface area (Å²) in [5.41, 5.74) is 0. The summed E-state index contributed by atoms with van der Waals surface area (Å²) in [6.07, 6.45) is 5.74. The zero-order valence-corrected chi connectivity index (χ0v) is 15.1. The number of carbonyl (C=O) groups excluding carboxylic acids is 1. The van der Waals surface area contributed by atoms with E-state index in [0.29, 0.717) is 0 Å². The number of hydrogen-bond acceptors (Lipinski definition) is 5. The van der Waals surface area contributed by atoms with Crippen molar-refractivity contribution in [3.05, 3.63) is 24.5 Å². The lowest BCUT2D eigenvalue weighted by atomic mass is 10.0. The Labute approximate surface area is 144 Å². The van der Waals surface area contributed by atoms with E-state index in [2.05, 4.69) is 22.1 Å². The Hall–Kier alpha value is -1.51.